The largest absolute Gasteiger partial charge is 0.451 e. The molecule has 9 nitrogen and oxygen atoms in total. The number of sulfonamides is 1. The molecule has 0 fully saturated rings. The number of nitrogens with zero attached hydrogens (tertiary/aromatic N) is 2. The summed E-state index contributed by atoms with van der Waals surface area (Å²) in [6.07, 6.45) is 0. The molecule has 2 aromatic carbocycles. The van der Waals surface area contributed by atoms with Gasteiger partial charge in [-0.2, -0.15) is 0 Å². The molecule has 29 heavy (non-hydrogen) atoms. The number of rotatable bonds is 6. The number of hydrogen-bond donors (Lipinski definition) is 1. The van der Waals surface area contributed by atoms with Gasteiger partial charge in [0.1, 0.15) is 5.76 Å². The number of hydrogen-bond acceptors (Lipinski definition) is 6. The molecule has 0 atom stereocenters. The molecule has 1 amide bonds. The lowest BCUT2D eigenvalue weighted by Crippen LogP contribution is -2.22. The van der Waals surface area contributed by atoms with Crippen LogP contribution in [0.3, 0.4) is 0 Å². The maximum absolute atomic E-state index is 12.4. The van der Waals surface area contributed by atoms with E-state index in [0.717, 1.165) is 4.31 Å². The predicted octanol–water partition coefficient (Wildman–Crippen LogP) is 3.36. The molecule has 0 saturated heterocycles. The molecule has 0 saturated carbocycles. The number of benzene rings is 2. The third-order valence-corrected chi connectivity index (χ3v) is 5.91. The van der Waals surface area contributed by atoms with Crippen LogP contribution in [-0.2, 0) is 10.0 Å². The van der Waals surface area contributed by atoms with Crippen LogP contribution < -0.4 is 5.32 Å². The zero-order valence-corrected chi connectivity index (χ0v) is 16.3. The van der Waals surface area contributed by atoms with Crippen molar-refractivity contribution in [2.75, 3.05) is 19.4 Å². The van der Waals surface area contributed by atoms with Crippen molar-refractivity contribution in [1.82, 2.24) is 4.31 Å². The molecular weight excluding hydrogens is 398 g/mol. The predicted molar refractivity (Wildman–Crippen MR) is 106 cm³/mol. The average Bonchev–Trinajstić information content (AvgIpc) is 3.19. The number of furan rings is 1. The molecule has 10 heteroatoms. The van der Waals surface area contributed by atoms with Crippen molar-refractivity contribution in [1.29, 1.82) is 0 Å². The Labute approximate surface area is 166 Å². The molecule has 1 N–H and O–H groups in total. The highest BCUT2D eigenvalue weighted by molar-refractivity contribution is 7.89. The van der Waals surface area contributed by atoms with Gasteiger partial charge in [0.15, 0.2) is 5.76 Å². The number of nitrogens with one attached hydrogen (secondary N) is 1. The molecule has 1 heterocycles. The zero-order valence-electron chi connectivity index (χ0n) is 15.5. The van der Waals surface area contributed by atoms with Crippen LogP contribution in [-0.4, -0.2) is 37.6 Å². The number of carbonyl (C=O) groups excluding carboxylic acids is 1. The summed E-state index contributed by atoms with van der Waals surface area (Å²) >= 11 is 0. The first-order valence-corrected chi connectivity index (χ1v) is 9.81. The van der Waals surface area contributed by atoms with Gasteiger partial charge in [0, 0.05) is 37.5 Å². The van der Waals surface area contributed by atoms with Crippen LogP contribution in [0.15, 0.2) is 70.0 Å². The lowest BCUT2D eigenvalue weighted by atomic mass is 10.1. The fraction of sp³-hybridized carbons (Fsp3) is 0.105. The molecule has 3 rings (SSSR count). The van der Waals surface area contributed by atoms with E-state index >= 15 is 0 Å². The van der Waals surface area contributed by atoms with E-state index in [-0.39, 0.29) is 16.3 Å². The molecule has 0 aliphatic heterocycles. The Hall–Kier alpha value is -3.50. The van der Waals surface area contributed by atoms with Gasteiger partial charge in [-0.25, -0.2) is 12.7 Å². The van der Waals surface area contributed by atoms with Crippen LogP contribution in [0.4, 0.5) is 11.4 Å². The van der Waals surface area contributed by atoms with Gasteiger partial charge in [0.05, 0.1) is 9.82 Å². The lowest BCUT2D eigenvalue weighted by molar-refractivity contribution is -0.384. The Bertz CT molecular complexity index is 1150. The summed E-state index contributed by atoms with van der Waals surface area (Å²) in [5, 5.41) is 13.3. The molecule has 0 bridgehead atoms. The van der Waals surface area contributed by atoms with Gasteiger partial charge in [-0.3, -0.25) is 14.9 Å². The highest BCUT2D eigenvalue weighted by atomic mass is 32.2. The fourth-order valence-electron chi connectivity index (χ4n) is 2.48. The van der Waals surface area contributed by atoms with Crippen molar-refractivity contribution >= 4 is 27.3 Å². The molecule has 0 aliphatic rings. The smallest absolute Gasteiger partial charge is 0.291 e. The summed E-state index contributed by atoms with van der Waals surface area (Å²) in [6, 6.07) is 14.6. The minimum Gasteiger partial charge on any atom is -0.451 e. The molecule has 150 valence electrons. The van der Waals surface area contributed by atoms with Crippen molar-refractivity contribution in [2.24, 2.45) is 0 Å². The van der Waals surface area contributed by atoms with Gasteiger partial charge < -0.3 is 9.73 Å². The summed E-state index contributed by atoms with van der Waals surface area (Å²) in [5.41, 5.74) is 0.951. The van der Waals surface area contributed by atoms with Crippen LogP contribution in [0, 0.1) is 10.1 Å². The first-order valence-electron chi connectivity index (χ1n) is 8.37. The highest BCUT2D eigenvalue weighted by Gasteiger charge is 2.18. The number of nitro groups is 1. The Morgan fingerprint density at radius 3 is 2.17 bits per heavy atom. The molecule has 0 unspecified atom stereocenters. The number of nitro benzene ring substituents is 1. The van der Waals surface area contributed by atoms with E-state index in [1.54, 1.807) is 6.07 Å². The van der Waals surface area contributed by atoms with Crippen LogP contribution in [0.25, 0.3) is 11.3 Å². The second-order valence-corrected chi connectivity index (χ2v) is 8.39. The summed E-state index contributed by atoms with van der Waals surface area (Å²) in [7, 11) is -0.680. The number of amides is 1. The van der Waals surface area contributed by atoms with E-state index in [0.29, 0.717) is 17.0 Å². The SMILES string of the molecule is CN(C)S(=O)(=O)c1ccc(NC(=O)c2ccc(-c3ccc([N+](=O)[O-])cc3)o2)cc1. The van der Waals surface area contributed by atoms with Gasteiger partial charge in [-0.15, -0.1) is 0 Å². The first kappa shape index (κ1) is 20.2. The van der Waals surface area contributed by atoms with E-state index in [1.165, 1.54) is 68.7 Å². The minimum atomic E-state index is -3.55. The minimum absolute atomic E-state index is 0.0435. The van der Waals surface area contributed by atoms with E-state index in [4.69, 9.17) is 4.42 Å². The Balaban J connectivity index is 1.73. The van der Waals surface area contributed by atoms with Gasteiger partial charge in [-0.05, 0) is 48.5 Å². The van der Waals surface area contributed by atoms with Gasteiger partial charge in [0.2, 0.25) is 10.0 Å². The average molecular weight is 415 g/mol. The quantitative estimate of drug-likeness (QED) is 0.486. The van der Waals surface area contributed by atoms with Gasteiger partial charge in [-0.1, -0.05) is 0 Å². The topological polar surface area (TPSA) is 123 Å². The zero-order chi connectivity index (χ0) is 21.2. The third-order valence-electron chi connectivity index (χ3n) is 4.08. The van der Waals surface area contributed by atoms with Crippen molar-refractivity contribution in [2.45, 2.75) is 4.90 Å². The van der Waals surface area contributed by atoms with Crippen molar-refractivity contribution in [3.8, 4) is 11.3 Å². The van der Waals surface area contributed by atoms with Gasteiger partial charge in [0.25, 0.3) is 11.6 Å². The normalized spacial score (nSPS) is 11.4. The maximum Gasteiger partial charge on any atom is 0.291 e. The van der Waals surface area contributed by atoms with E-state index in [9.17, 15) is 23.3 Å². The first-order chi connectivity index (χ1) is 13.7. The third kappa shape index (κ3) is 4.33. The van der Waals surface area contributed by atoms with Crippen LogP contribution in [0.1, 0.15) is 10.6 Å². The van der Waals surface area contributed by atoms with Crippen molar-refractivity contribution in [3.05, 3.63) is 76.5 Å². The monoisotopic (exact) mass is 415 g/mol. The Kier molecular flexibility index (Phi) is 5.48. The van der Waals surface area contributed by atoms with Crippen molar-refractivity contribution < 1.29 is 22.6 Å². The molecule has 1 aromatic heterocycles. The summed E-state index contributed by atoms with van der Waals surface area (Å²) in [5.74, 6) is -0.0813. The van der Waals surface area contributed by atoms with E-state index < -0.39 is 20.9 Å². The molecule has 0 aliphatic carbocycles. The van der Waals surface area contributed by atoms with Crippen molar-refractivity contribution in [3.63, 3.8) is 0 Å². The molecule has 0 radical (unpaired) electrons. The lowest BCUT2D eigenvalue weighted by Gasteiger charge is -2.11. The Morgan fingerprint density at radius 1 is 1.00 bits per heavy atom. The second-order valence-electron chi connectivity index (χ2n) is 6.23. The molecule has 0 spiro atoms. The molecule has 3 aromatic rings. The van der Waals surface area contributed by atoms with Gasteiger partial charge >= 0.3 is 0 Å². The van der Waals surface area contributed by atoms with Crippen LogP contribution in [0.2, 0.25) is 0 Å². The summed E-state index contributed by atoms with van der Waals surface area (Å²) in [4.78, 5) is 22.7. The summed E-state index contributed by atoms with van der Waals surface area (Å²) < 4.78 is 30.8. The van der Waals surface area contributed by atoms with Crippen LogP contribution >= 0.6 is 0 Å². The fourth-order valence-corrected chi connectivity index (χ4v) is 3.38. The second kappa shape index (κ2) is 7.86. The summed E-state index contributed by atoms with van der Waals surface area (Å²) in [6.45, 7) is 0. The highest BCUT2D eigenvalue weighted by Crippen LogP contribution is 2.25. The van der Waals surface area contributed by atoms with Crippen LogP contribution in [0.5, 0.6) is 0 Å². The van der Waals surface area contributed by atoms with E-state index in [1.807, 2.05) is 0 Å². The number of anilines is 1. The maximum atomic E-state index is 12.4. The number of carbonyl (C=O) groups is 1. The number of non-ortho nitro benzene ring substituents is 1. The Morgan fingerprint density at radius 2 is 1.62 bits per heavy atom. The standard InChI is InChI=1S/C19H17N3O6S/c1-21(2)29(26,27)16-9-5-14(6-10-16)20-19(23)18-12-11-17(28-18)13-3-7-15(8-4-13)22(24)25/h3-12H,1-2H3,(H,20,23). The molecular formula is C19H17N3O6S. The van der Waals surface area contributed by atoms with E-state index in [2.05, 4.69) is 5.32 Å².